The number of rotatable bonds is 6. The number of nitrogens with zero attached hydrogens (tertiary/aromatic N) is 1. The summed E-state index contributed by atoms with van der Waals surface area (Å²) >= 11 is 0. The first-order valence-corrected chi connectivity index (χ1v) is 8.22. The van der Waals surface area contributed by atoms with Crippen LogP contribution < -0.4 is 5.43 Å². The molecule has 1 aromatic rings. The van der Waals surface area contributed by atoms with Gasteiger partial charge in [-0.3, -0.25) is 4.79 Å². The first-order valence-electron chi connectivity index (χ1n) is 8.22. The summed E-state index contributed by atoms with van der Waals surface area (Å²) < 4.78 is 10.0. The predicted octanol–water partition coefficient (Wildman–Crippen LogP) is 1.65. The van der Waals surface area contributed by atoms with E-state index >= 15 is 0 Å². The Labute approximate surface area is 144 Å². The summed E-state index contributed by atoms with van der Waals surface area (Å²) in [6.07, 6.45) is 4.88. The van der Waals surface area contributed by atoms with Crippen molar-refractivity contribution in [1.29, 1.82) is 0 Å². The van der Waals surface area contributed by atoms with E-state index in [2.05, 4.69) is 15.5 Å². The van der Waals surface area contributed by atoms with E-state index < -0.39 is 11.9 Å². The minimum absolute atomic E-state index is 0.0580. The molecule has 2 aliphatic rings. The Bertz CT molecular complexity index is 786. The molecule has 8 heteroatoms. The molecule has 1 aliphatic heterocycles. The van der Waals surface area contributed by atoms with Gasteiger partial charge in [-0.15, -0.1) is 0 Å². The lowest BCUT2D eigenvalue weighted by Gasteiger charge is -2.06. The zero-order valence-corrected chi connectivity index (χ0v) is 14.0. The molecule has 1 aliphatic carbocycles. The second-order valence-electron chi connectivity index (χ2n) is 5.70. The number of carbonyl (C=O) groups excluding carboxylic acids is 3. The molecule has 2 N–H and O–H groups in total. The number of hydrogen-bond donors (Lipinski definition) is 2. The van der Waals surface area contributed by atoms with E-state index in [-0.39, 0.29) is 36.2 Å². The molecule has 1 amide bonds. The summed E-state index contributed by atoms with van der Waals surface area (Å²) in [4.78, 5) is 39.4. The van der Waals surface area contributed by atoms with Crippen molar-refractivity contribution in [3.63, 3.8) is 0 Å². The van der Waals surface area contributed by atoms with Crippen LogP contribution in [0.1, 0.15) is 53.1 Å². The Kier molecular flexibility index (Phi) is 4.69. The second kappa shape index (κ2) is 6.92. The normalized spacial score (nSPS) is 18.1. The maximum absolute atomic E-state index is 12.3. The molecule has 2 heterocycles. The molecule has 1 saturated carbocycles. The molecule has 0 atom stereocenters. The summed E-state index contributed by atoms with van der Waals surface area (Å²) in [5.74, 6) is -1.35. The fourth-order valence-electron chi connectivity index (χ4n) is 2.65. The number of ether oxygens (including phenoxy) is 2. The van der Waals surface area contributed by atoms with Crippen molar-refractivity contribution >= 4 is 29.6 Å². The maximum Gasteiger partial charge on any atom is 0.341 e. The Balaban J connectivity index is 2.02. The van der Waals surface area contributed by atoms with Crippen molar-refractivity contribution in [3.8, 4) is 0 Å². The zero-order valence-electron chi connectivity index (χ0n) is 14.0. The number of H-pyrrole nitrogens is 1. The molecular weight excluding hydrogens is 326 g/mol. The minimum Gasteiger partial charge on any atom is -0.462 e. The number of carbonyl (C=O) groups is 3. The van der Waals surface area contributed by atoms with Gasteiger partial charge in [0.1, 0.15) is 0 Å². The fraction of sp³-hybridized carbons (Fsp3) is 0.412. The molecule has 25 heavy (non-hydrogen) atoms. The first kappa shape index (κ1) is 16.9. The largest absolute Gasteiger partial charge is 0.462 e. The van der Waals surface area contributed by atoms with Crippen molar-refractivity contribution < 1.29 is 23.9 Å². The van der Waals surface area contributed by atoms with E-state index in [0.29, 0.717) is 17.0 Å². The molecule has 1 fully saturated rings. The smallest absolute Gasteiger partial charge is 0.341 e. The van der Waals surface area contributed by atoms with Crippen LogP contribution in [0.3, 0.4) is 0 Å². The van der Waals surface area contributed by atoms with E-state index in [9.17, 15) is 14.4 Å². The van der Waals surface area contributed by atoms with Gasteiger partial charge in [0.2, 0.25) is 0 Å². The zero-order chi connectivity index (χ0) is 18.0. The van der Waals surface area contributed by atoms with Gasteiger partial charge in [0.05, 0.1) is 41.3 Å². The number of aromatic amines is 1. The van der Waals surface area contributed by atoms with Crippen LogP contribution in [-0.2, 0) is 14.3 Å². The van der Waals surface area contributed by atoms with Crippen LogP contribution in [0, 0.1) is 5.92 Å². The average molecular weight is 345 g/mol. The Morgan fingerprint density at radius 2 is 1.92 bits per heavy atom. The van der Waals surface area contributed by atoms with E-state index in [1.54, 1.807) is 13.8 Å². The minimum atomic E-state index is -0.651. The van der Waals surface area contributed by atoms with Gasteiger partial charge < -0.3 is 14.5 Å². The number of nitrogens with one attached hydrogen (secondary N) is 2. The molecule has 3 rings (SSSR count). The predicted molar refractivity (Wildman–Crippen MR) is 89.0 cm³/mol. The van der Waals surface area contributed by atoms with Gasteiger partial charge in [-0.1, -0.05) is 0 Å². The summed E-state index contributed by atoms with van der Waals surface area (Å²) in [5.41, 5.74) is 3.98. The van der Waals surface area contributed by atoms with Gasteiger partial charge in [-0.25, -0.2) is 15.0 Å². The van der Waals surface area contributed by atoms with Gasteiger partial charge in [-0.05, 0) is 32.8 Å². The highest BCUT2D eigenvalue weighted by Crippen LogP contribution is 2.35. The topological polar surface area (TPSA) is 110 Å². The quantitative estimate of drug-likeness (QED) is 0.602. The molecule has 0 aromatic carbocycles. The number of esters is 2. The third-order valence-corrected chi connectivity index (χ3v) is 3.94. The fourth-order valence-corrected chi connectivity index (χ4v) is 2.65. The SMILES string of the molecule is CCOC(=O)c1c[nH]c(C=C2C(=O)NN=C2C2CC2)c1C(=O)OCC. The Morgan fingerprint density at radius 1 is 1.24 bits per heavy atom. The molecule has 0 bridgehead atoms. The Hall–Kier alpha value is -2.90. The van der Waals surface area contributed by atoms with Crippen LogP contribution >= 0.6 is 0 Å². The number of hydrazone groups is 1. The van der Waals surface area contributed by atoms with Gasteiger partial charge in [0.15, 0.2) is 0 Å². The van der Waals surface area contributed by atoms with Gasteiger partial charge in [0, 0.05) is 12.1 Å². The van der Waals surface area contributed by atoms with Crippen LogP contribution in [0.25, 0.3) is 6.08 Å². The third-order valence-electron chi connectivity index (χ3n) is 3.94. The number of amides is 1. The lowest BCUT2D eigenvalue weighted by Crippen LogP contribution is -2.15. The van der Waals surface area contributed by atoms with Crippen LogP contribution in [0.2, 0.25) is 0 Å². The molecule has 0 saturated heterocycles. The van der Waals surface area contributed by atoms with E-state index in [4.69, 9.17) is 9.47 Å². The number of hydrogen-bond acceptors (Lipinski definition) is 6. The molecule has 1 aromatic heterocycles. The summed E-state index contributed by atoms with van der Waals surface area (Å²) in [6, 6.07) is 0. The van der Waals surface area contributed by atoms with Crippen molar-refractivity contribution in [2.24, 2.45) is 11.0 Å². The van der Waals surface area contributed by atoms with Crippen molar-refractivity contribution in [1.82, 2.24) is 10.4 Å². The lowest BCUT2D eigenvalue weighted by atomic mass is 10.0. The second-order valence-corrected chi connectivity index (χ2v) is 5.70. The van der Waals surface area contributed by atoms with Gasteiger partial charge in [0.25, 0.3) is 5.91 Å². The van der Waals surface area contributed by atoms with E-state index in [1.807, 2.05) is 0 Å². The third kappa shape index (κ3) is 3.33. The molecule has 8 nitrogen and oxygen atoms in total. The van der Waals surface area contributed by atoms with Crippen LogP contribution in [0.15, 0.2) is 16.9 Å². The monoisotopic (exact) mass is 345 g/mol. The summed E-state index contributed by atoms with van der Waals surface area (Å²) in [7, 11) is 0. The van der Waals surface area contributed by atoms with Crippen molar-refractivity contribution in [2.75, 3.05) is 13.2 Å². The van der Waals surface area contributed by atoms with Crippen LogP contribution in [0.4, 0.5) is 0 Å². The molecular formula is C17H19N3O5. The summed E-state index contributed by atoms with van der Waals surface area (Å²) in [6.45, 7) is 3.70. The highest BCUT2D eigenvalue weighted by atomic mass is 16.5. The highest BCUT2D eigenvalue weighted by molar-refractivity contribution is 6.29. The Morgan fingerprint density at radius 3 is 2.56 bits per heavy atom. The van der Waals surface area contributed by atoms with Gasteiger partial charge >= 0.3 is 11.9 Å². The van der Waals surface area contributed by atoms with Crippen LogP contribution in [-0.4, -0.2) is 41.8 Å². The first-order chi connectivity index (χ1) is 12.1. The molecule has 0 unspecified atom stereocenters. The lowest BCUT2D eigenvalue weighted by molar-refractivity contribution is -0.116. The van der Waals surface area contributed by atoms with Gasteiger partial charge in [-0.2, -0.15) is 5.10 Å². The van der Waals surface area contributed by atoms with E-state index in [1.165, 1.54) is 12.3 Å². The molecule has 132 valence electrons. The van der Waals surface area contributed by atoms with Crippen molar-refractivity contribution in [2.45, 2.75) is 26.7 Å². The van der Waals surface area contributed by atoms with Crippen molar-refractivity contribution in [3.05, 3.63) is 28.6 Å². The average Bonchev–Trinajstić information content (AvgIpc) is 3.23. The number of aromatic nitrogens is 1. The highest BCUT2D eigenvalue weighted by Gasteiger charge is 2.36. The van der Waals surface area contributed by atoms with E-state index in [0.717, 1.165) is 12.8 Å². The standard InChI is InChI=1S/C17H19N3O5/c1-3-24-16(22)11-8-18-12(13(11)17(23)25-4-2)7-10-14(9-5-6-9)19-20-15(10)21/h7-9,18H,3-6H2,1-2H3,(H,20,21). The molecule has 0 radical (unpaired) electrons. The maximum atomic E-state index is 12.3. The molecule has 0 spiro atoms. The summed E-state index contributed by atoms with van der Waals surface area (Å²) in [5, 5.41) is 4.07. The van der Waals surface area contributed by atoms with Crippen LogP contribution in [0.5, 0.6) is 0 Å².